The quantitative estimate of drug-likeness (QED) is 0.0257. The highest BCUT2D eigenvalue weighted by atomic mass is 16.5. The molecule has 9 nitrogen and oxygen atoms in total. The Morgan fingerprint density at radius 3 is 1.04 bits per heavy atom. The van der Waals surface area contributed by atoms with Gasteiger partial charge >= 0.3 is 23.9 Å². The Balaban J connectivity index is 4.09. The number of ketones is 1. The Kier molecular flexibility index (Phi) is 39.0. The molecule has 0 bridgehead atoms. The minimum atomic E-state index is -0.936. The van der Waals surface area contributed by atoms with Crippen molar-refractivity contribution < 1.29 is 42.9 Å². The summed E-state index contributed by atoms with van der Waals surface area (Å²) in [6, 6.07) is 0. The Labute approximate surface area is 343 Å². The SMILES string of the molecule is CCCCCCCCC(CCCCCC)C(=O)OCCCCCOC(=O)CCC(=O)C(=O)OCCCCCOC(=O)C(CCCCCC)CCCCCCCC. The predicted molar refractivity (Wildman–Crippen MR) is 226 cm³/mol. The summed E-state index contributed by atoms with van der Waals surface area (Å²) in [6.45, 7) is 9.87. The third-order valence-electron chi connectivity index (χ3n) is 10.6. The molecule has 0 aliphatic carbocycles. The van der Waals surface area contributed by atoms with E-state index < -0.39 is 17.7 Å². The van der Waals surface area contributed by atoms with Crippen LogP contribution in [0.4, 0.5) is 0 Å². The van der Waals surface area contributed by atoms with E-state index in [0.29, 0.717) is 45.3 Å². The van der Waals surface area contributed by atoms with Gasteiger partial charge in [0.2, 0.25) is 5.78 Å². The monoisotopic (exact) mass is 795 g/mol. The largest absolute Gasteiger partial charge is 0.466 e. The van der Waals surface area contributed by atoms with Crippen LogP contribution in [0.3, 0.4) is 0 Å². The van der Waals surface area contributed by atoms with Crippen LogP contribution in [0.15, 0.2) is 0 Å². The minimum absolute atomic E-state index is 0.00987. The summed E-state index contributed by atoms with van der Waals surface area (Å²) < 4.78 is 21.6. The number of unbranched alkanes of at least 4 members (excludes halogenated alkanes) is 20. The normalized spacial score (nSPS) is 12.2. The maximum Gasteiger partial charge on any atom is 0.374 e. The average Bonchev–Trinajstić information content (AvgIpc) is 3.19. The highest BCUT2D eigenvalue weighted by molar-refractivity contribution is 6.33. The predicted octanol–water partition coefficient (Wildman–Crippen LogP) is 12.5. The van der Waals surface area contributed by atoms with Crippen LogP contribution in [0.1, 0.15) is 233 Å². The first-order valence-corrected chi connectivity index (χ1v) is 23.5. The zero-order valence-electron chi connectivity index (χ0n) is 36.8. The lowest BCUT2D eigenvalue weighted by Gasteiger charge is -2.16. The third-order valence-corrected chi connectivity index (χ3v) is 10.6. The van der Waals surface area contributed by atoms with Gasteiger partial charge in [0.05, 0.1) is 44.7 Å². The van der Waals surface area contributed by atoms with Gasteiger partial charge in [0.1, 0.15) is 0 Å². The molecule has 0 rings (SSSR count). The maximum atomic E-state index is 12.8. The van der Waals surface area contributed by atoms with Gasteiger partial charge in [-0.2, -0.15) is 0 Å². The van der Waals surface area contributed by atoms with E-state index >= 15 is 0 Å². The van der Waals surface area contributed by atoms with E-state index in [-0.39, 0.29) is 49.8 Å². The smallest absolute Gasteiger partial charge is 0.374 e. The van der Waals surface area contributed by atoms with Crippen molar-refractivity contribution in [3.05, 3.63) is 0 Å². The fourth-order valence-corrected chi connectivity index (χ4v) is 6.90. The van der Waals surface area contributed by atoms with E-state index in [1.165, 1.54) is 89.9 Å². The molecular formula is C47H86O9. The van der Waals surface area contributed by atoms with E-state index in [4.69, 9.17) is 18.9 Å². The highest BCUT2D eigenvalue weighted by Gasteiger charge is 2.21. The average molecular weight is 795 g/mol. The summed E-state index contributed by atoms with van der Waals surface area (Å²) in [6.07, 6.45) is 31.0. The van der Waals surface area contributed by atoms with Crippen LogP contribution >= 0.6 is 0 Å². The van der Waals surface area contributed by atoms with Gasteiger partial charge in [-0.1, -0.05) is 156 Å². The Morgan fingerprint density at radius 2 is 0.643 bits per heavy atom. The van der Waals surface area contributed by atoms with Gasteiger partial charge in [-0.05, 0) is 64.2 Å². The molecule has 2 unspecified atom stereocenters. The van der Waals surface area contributed by atoms with Crippen molar-refractivity contribution in [1.29, 1.82) is 0 Å². The van der Waals surface area contributed by atoms with Gasteiger partial charge in [-0.15, -0.1) is 0 Å². The lowest BCUT2D eigenvalue weighted by Crippen LogP contribution is -2.20. The standard InChI is InChI=1S/C47H86O9/c1-5-9-13-17-19-25-33-41(31-23-15-11-7-3)45(50)54-38-28-21-27-37-53-44(49)36-35-43(48)47(52)56-40-30-22-29-39-55-46(51)42(32-24-16-12-8-4)34-26-20-18-14-10-6-2/h41-42H,5-40H2,1-4H3. The number of hydrogen-bond acceptors (Lipinski definition) is 9. The van der Waals surface area contributed by atoms with Gasteiger partial charge in [0, 0.05) is 6.42 Å². The number of hydrogen-bond donors (Lipinski definition) is 0. The number of rotatable bonds is 42. The topological polar surface area (TPSA) is 122 Å². The maximum absolute atomic E-state index is 12.8. The fourth-order valence-electron chi connectivity index (χ4n) is 6.90. The lowest BCUT2D eigenvalue weighted by atomic mass is 9.94. The zero-order valence-corrected chi connectivity index (χ0v) is 36.8. The van der Waals surface area contributed by atoms with Crippen molar-refractivity contribution in [3.8, 4) is 0 Å². The number of ether oxygens (including phenoxy) is 4. The lowest BCUT2D eigenvalue weighted by molar-refractivity contribution is -0.155. The van der Waals surface area contributed by atoms with E-state index in [9.17, 15) is 24.0 Å². The minimum Gasteiger partial charge on any atom is -0.466 e. The summed E-state index contributed by atoms with van der Waals surface area (Å²) in [5, 5.41) is 0. The molecule has 9 heteroatoms. The van der Waals surface area contributed by atoms with Crippen molar-refractivity contribution in [3.63, 3.8) is 0 Å². The van der Waals surface area contributed by atoms with E-state index in [2.05, 4.69) is 27.7 Å². The number of esters is 4. The first-order chi connectivity index (χ1) is 27.3. The first-order valence-electron chi connectivity index (χ1n) is 23.5. The molecule has 0 radical (unpaired) electrons. The van der Waals surface area contributed by atoms with E-state index in [1.54, 1.807) is 0 Å². The molecule has 0 saturated carbocycles. The molecule has 0 aliphatic rings. The molecule has 0 fully saturated rings. The second-order valence-corrected chi connectivity index (χ2v) is 15.9. The summed E-state index contributed by atoms with van der Waals surface area (Å²) in [5.41, 5.74) is 0. The molecule has 0 amide bonds. The molecule has 0 saturated heterocycles. The van der Waals surface area contributed by atoms with Gasteiger partial charge in [0.25, 0.3) is 0 Å². The van der Waals surface area contributed by atoms with Crippen molar-refractivity contribution >= 4 is 29.7 Å². The van der Waals surface area contributed by atoms with E-state index in [0.717, 1.165) is 70.6 Å². The van der Waals surface area contributed by atoms with Gasteiger partial charge in [-0.3, -0.25) is 19.2 Å². The number of Topliss-reactive ketones (excluding diaryl/α,β-unsaturated/α-hetero) is 1. The van der Waals surface area contributed by atoms with Gasteiger partial charge in [0.15, 0.2) is 0 Å². The summed E-state index contributed by atoms with van der Waals surface area (Å²) >= 11 is 0. The molecular weight excluding hydrogens is 709 g/mol. The van der Waals surface area contributed by atoms with Crippen LogP contribution in [-0.2, 0) is 42.9 Å². The molecule has 0 N–H and O–H groups in total. The fraction of sp³-hybridized carbons (Fsp3) is 0.894. The van der Waals surface area contributed by atoms with Crippen LogP contribution in [0.25, 0.3) is 0 Å². The van der Waals surface area contributed by atoms with Crippen molar-refractivity contribution in [2.75, 3.05) is 26.4 Å². The number of carbonyl (C=O) groups excluding carboxylic acids is 5. The summed E-state index contributed by atoms with van der Waals surface area (Å²) in [5.74, 6) is -2.39. The van der Waals surface area contributed by atoms with Crippen LogP contribution in [0.5, 0.6) is 0 Å². The van der Waals surface area contributed by atoms with Crippen molar-refractivity contribution in [2.24, 2.45) is 11.8 Å². The Morgan fingerprint density at radius 1 is 0.339 bits per heavy atom. The van der Waals surface area contributed by atoms with Crippen molar-refractivity contribution in [1.82, 2.24) is 0 Å². The van der Waals surface area contributed by atoms with Crippen LogP contribution < -0.4 is 0 Å². The molecule has 0 aromatic heterocycles. The van der Waals surface area contributed by atoms with Gasteiger partial charge in [-0.25, -0.2) is 4.79 Å². The van der Waals surface area contributed by atoms with E-state index in [1.807, 2.05) is 0 Å². The molecule has 0 spiro atoms. The number of carbonyl (C=O) groups is 5. The van der Waals surface area contributed by atoms with Crippen LogP contribution in [0.2, 0.25) is 0 Å². The molecule has 328 valence electrons. The van der Waals surface area contributed by atoms with Crippen LogP contribution in [0, 0.1) is 11.8 Å². The Bertz CT molecular complexity index is 965. The van der Waals surface area contributed by atoms with Crippen molar-refractivity contribution in [2.45, 2.75) is 233 Å². The molecule has 0 aliphatic heterocycles. The van der Waals surface area contributed by atoms with Gasteiger partial charge < -0.3 is 18.9 Å². The second kappa shape index (κ2) is 40.7. The summed E-state index contributed by atoms with van der Waals surface area (Å²) in [4.78, 5) is 62.0. The highest BCUT2D eigenvalue weighted by Crippen LogP contribution is 2.22. The molecule has 2 atom stereocenters. The molecule has 0 aromatic carbocycles. The first kappa shape index (κ1) is 53.6. The second-order valence-electron chi connectivity index (χ2n) is 15.9. The Hall–Kier alpha value is -2.45. The summed E-state index contributed by atoms with van der Waals surface area (Å²) in [7, 11) is 0. The molecule has 0 aromatic rings. The molecule has 0 heterocycles. The zero-order chi connectivity index (χ0) is 41.3. The van der Waals surface area contributed by atoms with Crippen LogP contribution in [-0.4, -0.2) is 56.1 Å². The third kappa shape index (κ3) is 33.7. The molecule has 56 heavy (non-hydrogen) atoms.